The predicted molar refractivity (Wildman–Crippen MR) is 105 cm³/mol. The first-order valence-electron chi connectivity index (χ1n) is 9.62. The minimum absolute atomic E-state index is 0.0717. The molecular weight excluding hydrogens is 358 g/mol. The molecule has 0 bridgehead atoms. The van der Waals surface area contributed by atoms with Crippen LogP contribution in [0.3, 0.4) is 0 Å². The zero-order valence-corrected chi connectivity index (χ0v) is 16.6. The Morgan fingerprint density at radius 3 is 2.64 bits per heavy atom. The van der Waals surface area contributed by atoms with Crippen molar-refractivity contribution in [2.75, 3.05) is 13.2 Å². The highest BCUT2D eigenvalue weighted by atomic mass is 16.5. The summed E-state index contributed by atoms with van der Waals surface area (Å²) in [4.78, 5) is 23.4. The molecule has 0 saturated carbocycles. The topological polar surface area (TPSA) is 93.5 Å². The Balaban J connectivity index is 1.71. The lowest BCUT2D eigenvalue weighted by molar-refractivity contribution is -0.136. The molecule has 1 amide bonds. The number of hydrogen-bond donors (Lipinski definition) is 2. The maximum absolute atomic E-state index is 12.5. The Morgan fingerprint density at radius 1 is 1.32 bits per heavy atom. The maximum Gasteiger partial charge on any atom is 0.303 e. The van der Waals surface area contributed by atoms with Gasteiger partial charge in [-0.3, -0.25) is 9.59 Å². The Kier molecular flexibility index (Phi) is 6.14. The van der Waals surface area contributed by atoms with Crippen LogP contribution in [0.1, 0.15) is 47.1 Å². The molecule has 0 aliphatic carbocycles. The van der Waals surface area contributed by atoms with E-state index in [1.165, 1.54) is 0 Å². The molecule has 1 aromatic heterocycles. The van der Waals surface area contributed by atoms with E-state index in [2.05, 4.69) is 10.4 Å². The number of ether oxygens (including phenoxy) is 1. The molecule has 150 valence electrons. The highest BCUT2D eigenvalue weighted by Gasteiger charge is 2.24. The maximum atomic E-state index is 12.5. The second kappa shape index (κ2) is 8.56. The third kappa shape index (κ3) is 4.42. The summed E-state index contributed by atoms with van der Waals surface area (Å²) in [5, 5.41) is 16.5. The number of benzene rings is 1. The Hall–Kier alpha value is -2.67. The third-order valence-electron chi connectivity index (χ3n) is 5.43. The quantitative estimate of drug-likeness (QED) is 0.764. The van der Waals surface area contributed by atoms with E-state index in [0.29, 0.717) is 24.5 Å². The molecule has 0 radical (unpaired) electrons. The molecule has 1 saturated heterocycles. The number of aryl methyl sites for hydroxylation is 1. The predicted octanol–water partition coefficient (Wildman–Crippen LogP) is 2.66. The number of hydrogen-bond acceptors (Lipinski definition) is 4. The molecule has 7 heteroatoms. The largest absolute Gasteiger partial charge is 0.481 e. The molecule has 1 aliphatic heterocycles. The first kappa shape index (κ1) is 20.1. The molecule has 2 aromatic rings. The standard InChI is InChI=1S/C21H27N3O4/c1-13(17-10-11-28-12-17)22-21(27)16-4-6-18(7-5-16)24-15(3)19(14(2)23-24)8-9-20(25)26/h4-7,13,17H,8-12H2,1-3H3,(H,22,27)(H,25,26)/t13-,17-/m1/s1. The molecule has 2 atom stereocenters. The lowest BCUT2D eigenvalue weighted by atomic mass is 10.0. The average Bonchev–Trinajstić information content (AvgIpc) is 3.29. The second-order valence-corrected chi connectivity index (χ2v) is 7.39. The zero-order valence-electron chi connectivity index (χ0n) is 16.6. The van der Waals surface area contributed by atoms with Crippen molar-refractivity contribution in [1.82, 2.24) is 15.1 Å². The van der Waals surface area contributed by atoms with Crippen LogP contribution in [0, 0.1) is 19.8 Å². The van der Waals surface area contributed by atoms with Gasteiger partial charge in [0.2, 0.25) is 0 Å². The average molecular weight is 385 g/mol. The summed E-state index contributed by atoms with van der Waals surface area (Å²) in [6, 6.07) is 7.37. The van der Waals surface area contributed by atoms with Gasteiger partial charge in [0, 0.05) is 36.2 Å². The summed E-state index contributed by atoms with van der Waals surface area (Å²) in [6.45, 7) is 7.29. The minimum atomic E-state index is -0.819. The molecule has 1 fully saturated rings. The lowest BCUT2D eigenvalue weighted by Gasteiger charge is -2.19. The molecule has 1 aromatic carbocycles. The fourth-order valence-electron chi connectivity index (χ4n) is 3.63. The van der Waals surface area contributed by atoms with E-state index in [9.17, 15) is 9.59 Å². The van der Waals surface area contributed by atoms with Crippen molar-refractivity contribution in [1.29, 1.82) is 0 Å². The van der Waals surface area contributed by atoms with E-state index in [-0.39, 0.29) is 18.4 Å². The number of carbonyl (C=O) groups is 2. The minimum Gasteiger partial charge on any atom is -0.481 e. The van der Waals surface area contributed by atoms with Gasteiger partial charge in [0.1, 0.15) is 0 Å². The van der Waals surface area contributed by atoms with Crippen molar-refractivity contribution >= 4 is 11.9 Å². The number of amides is 1. The van der Waals surface area contributed by atoms with Crippen LogP contribution in [-0.2, 0) is 16.0 Å². The van der Waals surface area contributed by atoms with Crippen LogP contribution in [0.4, 0.5) is 0 Å². The summed E-state index contributed by atoms with van der Waals surface area (Å²) >= 11 is 0. The van der Waals surface area contributed by atoms with Gasteiger partial charge in [0.05, 0.1) is 18.0 Å². The summed E-state index contributed by atoms with van der Waals surface area (Å²) in [6.07, 6.45) is 1.51. The van der Waals surface area contributed by atoms with Gasteiger partial charge >= 0.3 is 5.97 Å². The number of aliphatic carboxylic acids is 1. The van der Waals surface area contributed by atoms with Gasteiger partial charge in [0.15, 0.2) is 0 Å². The van der Waals surface area contributed by atoms with E-state index < -0.39 is 5.97 Å². The molecular formula is C21H27N3O4. The summed E-state index contributed by atoms with van der Waals surface area (Å²) < 4.78 is 7.19. The number of carboxylic acids is 1. The molecule has 0 unspecified atom stereocenters. The van der Waals surface area contributed by atoms with E-state index in [1.54, 1.807) is 16.8 Å². The molecule has 3 rings (SSSR count). The van der Waals surface area contributed by atoms with Crippen LogP contribution in [-0.4, -0.2) is 46.0 Å². The lowest BCUT2D eigenvalue weighted by Crippen LogP contribution is -2.38. The van der Waals surface area contributed by atoms with Crippen molar-refractivity contribution in [3.05, 3.63) is 46.8 Å². The van der Waals surface area contributed by atoms with Gasteiger partial charge < -0.3 is 15.2 Å². The van der Waals surface area contributed by atoms with Crippen LogP contribution in [0.15, 0.2) is 24.3 Å². The molecule has 28 heavy (non-hydrogen) atoms. The van der Waals surface area contributed by atoms with E-state index in [1.807, 2.05) is 32.9 Å². The zero-order chi connectivity index (χ0) is 20.3. The van der Waals surface area contributed by atoms with Crippen LogP contribution in [0.5, 0.6) is 0 Å². The molecule has 2 heterocycles. The fourth-order valence-corrected chi connectivity index (χ4v) is 3.63. The Morgan fingerprint density at radius 2 is 2.04 bits per heavy atom. The van der Waals surface area contributed by atoms with Crippen molar-refractivity contribution in [3.63, 3.8) is 0 Å². The number of nitrogens with one attached hydrogen (secondary N) is 1. The van der Waals surface area contributed by atoms with Gasteiger partial charge in [-0.2, -0.15) is 5.10 Å². The first-order chi connectivity index (χ1) is 13.4. The fraction of sp³-hybridized carbons (Fsp3) is 0.476. The molecule has 1 aliphatic rings. The second-order valence-electron chi connectivity index (χ2n) is 7.39. The van der Waals surface area contributed by atoms with Crippen LogP contribution >= 0.6 is 0 Å². The highest BCUT2D eigenvalue weighted by Crippen LogP contribution is 2.20. The van der Waals surface area contributed by atoms with E-state index in [4.69, 9.17) is 9.84 Å². The molecule has 0 spiro atoms. The monoisotopic (exact) mass is 385 g/mol. The van der Waals surface area contributed by atoms with Gasteiger partial charge in [-0.15, -0.1) is 0 Å². The van der Waals surface area contributed by atoms with Crippen LogP contribution in [0.2, 0.25) is 0 Å². The van der Waals surface area contributed by atoms with E-state index in [0.717, 1.165) is 35.7 Å². The Labute approximate surface area is 164 Å². The smallest absolute Gasteiger partial charge is 0.303 e. The number of carbonyl (C=O) groups excluding carboxylic acids is 1. The number of aromatic nitrogens is 2. The van der Waals surface area contributed by atoms with E-state index >= 15 is 0 Å². The van der Waals surface area contributed by atoms with Crippen molar-refractivity contribution in [2.45, 2.75) is 46.1 Å². The summed E-state index contributed by atoms with van der Waals surface area (Å²) in [7, 11) is 0. The molecule has 7 nitrogen and oxygen atoms in total. The Bertz CT molecular complexity index is 851. The normalized spacial score (nSPS) is 17.5. The number of nitrogens with zero attached hydrogens (tertiary/aromatic N) is 2. The van der Waals surface area contributed by atoms with Gasteiger partial charge in [0.25, 0.3) is 5.91 Å². The summed E-state index contributed by atoms with van der Waals surface area (Å²) in [5.41, 5.74) is 4.15. The van der Waals surface area contributed by atoms with Crippen molar-refractivity contribution in [3.8, 4) is 5.69 Å². The number of carboxylic acid groups (broad SMARTS) is 1. The summed E-state index contributed by atoms with van der Waals surface area (Å²) in [5.74, 6) is -0.552. The SMILES string of the molecule is Cc1nn(-c2ccc(C(=O)N[C@H](C)[C@@H]3CCOC3)cc2)c(C)c1CCC(=O)O. The van der Waals surface area contributed by atoms with Crippen molar-refractivity contribution < 1.29 is 19.4 Å². The number of rotatable bonds is 7. The first-order valence-corrected chi connectivity index (χ1v) is 9.62. The van der Waals surface area contributed by atoms with Crippen LogP contribution in [0.25, 0.3) is 5.69 Å². The van der Waals surface area contributed by atoms with Crippen molar-refractivity contribution in [2.24, 2.45) is 5.92 Å². The molecule has 2 N–H and O–H groups in total. The van der Waals surface area contributed by atoms with Gasteiger partial charge in [-0.1, -0.05) is 0 Å². The van der Waals surface area contributed by atoms with Crippen LogP contribution < -0.4 is 5.32 Å². The van der Waals surface area contributed by atoms with Gasteiger partial charge in [-0.25, -0.2) is 4.68 Å². The van der Waals surface area contributed by atoms with Gasteiger partial charge in [-0.05, 0) is 63.4 Å². The third-order valence-corrected chi connectivity index (χ3v) is 5.43. The highest BCUT2D eigenvalue weighted by molar-refractivity contribution is 5.94.